The van der Waals surface area contributed by atoms with Crippen molar-refractivity contribution in [3.05, 3.63) is 59.4 Å². The summed E-state index contributed by atoms with van der Waals surface area (Å²) in [6.07, 6.45) is 1.64. The molecule has 0 bridgehead atoms. The summed E-state index contributed by atoms with van der Waals surface area (Å²) in [6.45, 7) is -0.215. The van der Waals surface area contributed by atoms with Crippen LogP contribution in [0.15, 0.2) is 48.2 Å². The Bertz CT molecular complexity index is 853. The number of carbonyl (C=O) groups is 2. The summed E-state index contributed by atoms with van der Waals surface area (Å²) in [7, 11) is 2.85. The van der Waals surface area contributed by atoms with E-state index >= 15 is 0 Å². The van der Waals surface area contributed by atoms with Gasteiger partial charge in [0, 0.05) is 11.6 Å². The minimum Gasteiger partial charge on any atom is -0.496 e. The van der Waals surface area contributed by atoms with Gasteiger partial charge in [0.05, 0.1) is 19.8 Å². The van der Waals surface area contributed by atoms with Crippen molar-refractivity contribution in [1.29, 1.82) is 0 Å². The van der Waals surface area contributed by atoms with Crippen LogP contribution in [-0.4, -0.2) is 32.6 Å². The highest BCUT2D eigenvalue weighted by Gasteiger charge is 2.28. The molecule has 0 amide bonds. The summed E-state index contributed by atoms with van der Waals surface area (Å²) in [5.74, 6) is 0.924. The van der Waals surface area contributed by atoms with Crippen LogP contribution in [0.4, 0.5) is 0 Å². The standard InChI is InChI=1S/C19H16O6/c1-22-15-6-4-3-5-12(15)9-17-19(21)14-8-7-13(10-16(14)25-17)24-11-18(20)23-2/h3-10H,11H2,1-2H3/b17-9+. The van der Waals surface area contributed by atoms with Gasteiger partial charge >= 0.3 is 5.97 Å². The molecule has 1 aliphatic heterocycles. The van der Waals surface area contributed by atoms with Gasteiger partial charge in [-0.2, -0.15) is 0 Å². The van der Waals surface area contributed by atoms with E-state index in [0.29, 0.717) is 22.8 Å². The van der Waals surface area contributed by atoms with E-state index in [-0.39, 0.29) is 18.1 Å². The van der Waals surface area contributed by atoms with Gasteiger partial charge in [-0.1, -0.05) is 18.2 Å². The van der Waals surface area contributed by atoms with E-state index in [9.17, 15) is 9.59 Å². The molecule has 0 saturated heterocycles. The molecule has 2 aromatic carbocycles. The van der Waals surface area contributed by atoms with Gasteiger partial charge in [0.25, 0.3) is 0 Å². The zero-order chi connectivity index (χ0) is 17.8. The first-order valence-corrected chi connectivity index (χ1v) is 7.53. The van der Waals surface area contributed by atoms with E-state index < -0.39 is 5.97 Å². The van der Waals surface area contributed by atoms with Crippen molar-refractivity contribution >= 4 is 17.8 Å². The van der Waals surface area contributed by atoms with E-state index in [0.717, 1.165) is 5.56 Å². The lowest BCUT2D eigenvalue weighted by molar-refractivity contribution is -0.142. The first-order valence-electron chi connectivity index (χ1n) is 7.53. The Hall–Kier alpha value is -3.28. The Morgan fingerprint density at radius 3 is 2.72 bits per heavy atom. The molecule has 0 radical (unpaired) electrons. The molecule has 0 unspecified atom stereocenters. The third-order valence-electron chi connectivity index (χ3n) is 3.65. The van der Waals surface area contributed by atoms with Crippen LogP contribution in [0.25, 0.3) is 6.08 Å². The van der Waals surface area contributed by atoms with Crippen LogP contribution < -0.4 is 14.2 Å². The number of para-hydroxylation sites is 1. The molecule has 0 N–H and O–H groups in total. The molecule has 0 spiro atoms. The van der Waals surface area contributed by atoms with Gasteiger partial charge in [-0.25, -0.2) is 4.79 Å². The van der Waals surface area contributed by atoms with Crippen LogP contribution in [0.2, 0.25) is 0 Å². The van der Waals surface area contributed by atoms with Crippen molar-refractivity contribution in [3.8, 4) is 17.2 Å². The highest BCUT2D eigenvalue weighted by molar-refractivity contribution is 6.14. The Labute approximate surface area is 144 Å². The monoisotopic (exact) mass is 340 g/mol. The molecule has 1 heterocycles. The van der Waals surface area contributed by atoms with Gasteiger partial charge in [0.2, 0.25) is 5.78 Å². The number of rotatable bonds is 5. The summed E-state index contributed by atoms with van der Waals surface area (Å²) >= 11 is 0. The van der Waals surface area contributed by atoms with Crippen LogP contribution in [0.3, 0.4) is 0 Å². The second-order valence-corrected chi connectivity index (χ2v) is 5.20. The van der Waals surface area contributed by atoms with Gasteiger partial charge in [-0.3, -0.25) is 4.79 Å². The molecule has 1 aliphatic rings. The van der Waals surface area contributed by atoms with Gasteiger partial charge < -0.3 is 18.9 Å². The normalized spacial score (nSPS) is 14.0. The maximum Gasteiger partial charge on any atom is 0.343 e. The molecule has 0 fully saturated rings. The van der Waals surface area contributed by atoms with E-state index in [2.05, 4.69) is 4.74 Å². The minimum atomic E-state index is -0.491. The Kier molecular flexibility index (Phi) is 4.70. The van der Waals surface area contributed by atoms with Gasteiger partial charge in [0.1, 0.15) is 17.2 Å². The third-order valence-corrected chi connectivity index (χ3v) is 3.65. The second-order valence-electron chi connectivity index (χ2n) is 5.20. The lowest BCUT2D eigenvalue weighted by Crippen LogP contribution is -2.12. The summed E-state index contributed by atoms with van der Waals surface area (Å²) < 4.78 is 20.8. The Balaban J connectivity index is 1.83. The molecule has 3 rings (SSSR count). The van der Waals surface area contributed by atoms with E-state index in [4.69, 9.17) is 14.2 Å². The fraction of sp³-hybridized carbons (Fsp3) is 0.158. The van der Waals surface area contributed by atoms with E-state index in [1.165, 1.54) is 7.11 Å². The first-order chi connectivity index (χ1) is 12.1. The number of methoxy groups -OCH3 is 2. The number of ether oxygens (including phenoxy) is 4. The molecular weight excluding hydrogens is 324 g/mol. The quantitative estimate of drug-likeness (QED) is 0.616. The Morgan fingerprint density at radius 2 is 1.96 bits per heavy atom. The predicted octanol–water partition coefficient (Wildman–Crippen LogP) is 2.86. The second kappa shape index (κ2) is 7.09. The van der Waals surface area contributed by atoms with Crippen molar-refractivity contribution < 1.29 is 28.5 Å². The fourth-order valence-corrected chi connectivity index (χ4v) is 2.39. The average Bonchev–Trinajstić information content (AvgIpc) is 2.95. The minimum absolute atomic E-state index is 0.199. The van der Waals surface area contributed by atoms with Crippen LogP contribution in [0, 0.1) is 0 Å². The lowest BCUT2D eigenvalue weighted by atomic mass is 10.1. The van der Waals surface area contributed by atoms with Crippen molar-refractivity contribution in [2.75, 3.05) is 20.8 Å². The van der Waals surface area contributed by atoms with Gasteiger partial charge in [0.15, 0.2) is 12.4 Å². The number of hydrogen-bond acceptors (Lipinski definition) is 6. The Morgan fingerprint density at radius 1 is 1.16 bits per heavy atom. The lowest BCUT2D eigenvalue weighted by Gasteiger charge is -2.06. The van der Waals surface area contributed by atoms with Crippen LogP contribution in [-0.2, 0) is 9.53 Å². The summed E-state index contributed by atoms with van der Waals surface area (Å²) in [5, 5.41) is 0. The van der Waals surface area contributed by atoms with Gasteiger partial charge in [-0.15, -0.1) is 0 Å². The van der Waals surface area contributed by atoms with Crippen molar-refractivity contribution in [1.82, 2.24) is 0 Å². The molecule has 2 aromatic rings. The predicted molar refractivity (Wildman–Crippen MR) is 89.9 cm³/mol. The fourth-order valence-electron chi connectivity index (χ4n) is 2.39. The number of benzene rings is 2. The number of esters is 1. The van der Waals surface area contributed by atoms with E-state index in [1.807, 2.05) is 18.2 Å². The molecular formula is C19H16O6. The van der Waals surface area contributed by atoms with Crippen LogP contribution in [0.5, 0.6) is 17.2 Å². The molecule has 0 aliphatic carbocycles. The van der Waals surface area contributed by atoms with E-state index in [1.54, 1.807) is 37.5 Å². The smallest absolute Gasteiger partial charge is 0.343 e. The first kappa shape index (κ1) is 16.6. The molecule has 25 heavy (non-hydrogen) atoms. The molecule has 6 nitrogen and oxygen atoms in total. The number of Topliss-reactive ketones (excluding diaryl/α,β-unsaturated/α-hetero) is 1. The summed E-state index contributed by atoms with van der Waals surface area (Å²) in [4.78, 5) is 23.6. The van der Waals surface area contributed by atoms with Crippen LogP contribution >= 0.6 is 0 Å². The average molecular weight is 340 g/mol. The SMILES string of the molecule is COC(=O)COc1ccc2c(c1)O/C(=C/c1ccccc1OC)C2=O. The molecule has 128 valence electrons. The molecule has 6 heteroatoms. The maximum absolute atomic E-state index is 12.5. The highest BCUT2D eigenvalue weighted by Crippen LogP contribution is 2.35. The molecule has 0 saturated carbocycles. The maximum atomic E-state index is 12.5. The largest absolute Gasteiger partial charge is 0.496 e. The molecule has 0 aromatic heterocycles. The van der Waals surface area contributed by atoms with Crippen molar-refractivity contribution in [2.24, 2.45) is 0 Å². The molecule has 0 atom stereocenters. The summed E-state index contributed by atoms with van der Waals surface area (Å²) in [6, 6.07) is 12.1. The third kappa shape index (κ3) is 3.47. The topological polar surface area (TPSA) is 71.1 Å². The van der Waals surface area contributed by atoms with Gasteiger partial charge in [-0.05, 0) is 24.3 Å². The van der Waals surface area contributed by atoms with Crippen molar-refractivity contribution in [3.63, 3.8) is 0 Å². The van der Waals surface area contributed by atoms with Crippen molar-refractivity contribution in [2.45, 2.75) is 0 Å². The number of allylic oxidation sites excluding steroid dienone is 1. The number of fused-ring (bicyclic) bond motifs is 1. The zero-order valence-electron chi connectivity index (χ0n) is 13.8. The highest BCUT2D eigenvalue weighted by atomic mass is 16.6. The zero-order valence-corrected chi connectivity index (χ0v) is 13.8. The number of ketones is 1. The number of hydrogen-bond donors (Lipinski definition) is 0. The summed E-state index contributed by atoms with van der Waals surface area (Å²) in [5.41, 5.74) is 1.18. The number of carbonyl (C=O) groups excluding carboxylic acids is 2. The van der Waals surface area contributed by atoms with Crippen LogP contribution in [0.1, 0.15) is 15.9 Å².